The third-order valence-electron chi connectivity index (χ3n) is 8.05. The van der Waals surface area contributed by atoms with E-state index in [0.717, 1.165) is 18.4 Å². The summed E-state index contributed by atoms with van der Waals surface area (Å²) in [7, 11) is 0. The van der Waals surface area contributed by atoms with Crippen molar-refractivity contribution in [3.8, 4) is 0 Å². The van der Waals surface area contributed by atoms with E-state index < -0.39 is 11.2 Å². The number of esters is 1. The van der Waals surface area contributed by atoms with E-state index in [0.29, 0.717) is 17.9 Å². The molecule has 0 aromatic carbocycles. The third-order valence-corrected chi connectivity index (χ3v) is 8.05. The van der Waals surface area contributed by atoms with Crippen molar-refractivity contribution in [1.82, 2.24) is 0 Å². The molecular weight excluding hydrogens is 352 g/mol. The Balaban J connectivity index is 1.71. The second-order valence-corrected chi connectivity index (χ2v) is 10.5. The molecule has 4 heteroatoms. The van der Waals surface area contributed by atoms with Crippen LogP contribution in [0.1, 0.15) is 67.7 Å². The Morgan fingerprint density at radius 1 is 1.25 bits per heavy atom. The van der Waals surface area contributed by atoms with Crippen molar-refractivity contribution < 1.29 is 19.1 Å². The van der Waals surface area contributed by atoms with Crippen molar-refractivity contribution in [3.05, 3.63) is 23.3 Å². The molecule has 0 spiro atoms. The molecular formula is C24H34O4. The van der Waals surface area contributed by atoms with Gasteiger partial charge in [0.15, 0.2) is 11.4 Å². The minimum atomic E-state index is -0.610. The minimum Gasteiger partial charge on any atom is -0.458 e. The van der Waals surface area contributed by atoms with Crippen LogP contribution in [0.15, 0.2) is 23.3 Å². The van der Waals surface area contributed by atoms with Gasteiger partial charge in [0.2, 0.25) is 0 Å². The van der Waals surface area contributed by atoms with E-state index in [1.54, 1.807) is 13.0 Å². The van der Waals surface area contributed by atoms with Crippen molar-refractivity contribution in [2.45, 2.75) is 85.0 Å². The first kappa shape index (κ1) is 19.9. The fraction of sp³-hybridized carbons (Fsp3) is 0.750. The van der Waals surface area contributed by atoms with Crippen LogP contribution < -0.4 is 0 Å². The third kappa shape index (κ3) is 2.59. The molecule has 1 aliphatic heterocycles. The molecule has 0 bridgehead atoms. The normalized spacial score (nSPS) is 48.5. The van der Waals surface area contributed by atoms with Crippen LogP contribution in [-0.2, 0) is 19.1 Å². The molecule has 3 aliphatic carbocycles. The van der Waals surface area contributed by atoms with Crippen molar-refractivity contribution in [2.75, 3.05) is 0 Å². The highest BCUT2D eigenvalue weighted by Gasteiger charge is 2.79. The first-order valence-electron chi connectivity index (χ1n) is 10.8. The molecule has 0 radical (unpaired) electrons. The largest absolute Gasteiger partial charge is 0.458 e. The molecule has 154 valence electrons. The Morgan fingerprint density at radius 3 is 2.57 bits per heavy atom. The number of epoxide rings is 1. The standard InChI is InChI=1S/C24H34O4/c1-8-15(4)21(26)27-17-9-13(2)10-23-11-14(3)12-24(23,28-23)20(25)16(5)18-19(17)22(18,6)7/h8,10,14,16-19H,9,11-12H2,1-7H3/b13-10+,15-8+/t14-,16?,17?,18?,19?,23+,24-/m0/s1. The van der Waals surface area contributed by atoms with Gasteiger partial charge in [0, 0.05) is 23.8 Å². The van der Waals surface area contributed by atoms with Crippen LogP contribution in [0.5, 0.6) is 0 Å². The van der Waals surface area contributed by atoms with Gasteiger partial charge in [0.25, 0.3) is 0 Å². The lowest BCUT2D eigenvalue weighted by Crippen LogP contribution is -2.36. The number of carbonyl (C=O) groups excluding carboxylic acids is 2. The summed E-state index contributed by atoms with van der Waals surface area (Å²) in [5.41, 5.74) is 0.733. The second kappa shape index (κ2) is 6.04. The highest BCUT2D eigenvalue weighted by atomic mass is 16.6. The van der Waals surface area contributed by atoms with Crippen LogP contribution >= 0.6 is 0 Å². The lowest BCUT2D eigenvalue weighted by atomic mass is 9.80. The number of ether oxygens (including phenoxy) is 2. The zero-order valence-electron chi connectivity index (χ0n) is 18.3. The average Bonchev–Trinajstić information content (AvgIpc) is 3.36. The molecule has 4 aliphatic rings. The van der Waals surface area contributed by atoms with Crippen LogP contribution in [0.3, 0.4) is 0 Å². The molecule has 1 heterocycles. The van der Waals surface area contributed by atoms with Gasteiger partial charge in [-0.05, 0) is 50.9 Å². The fourth-order valence-electron chi connectivity index (χ4n) is 6.63. The highest BCUT2D eigenvalue weighted by molar-refractivity contribution is 5.95. The lowest BCUT2D eigenvalue weighted by Gasteiger charge is -2.23. The topological polar surface area (TPSA) is 55.9 Å². The number of hydrogen-bond acceptors (Lipinski definition) is 4. The molecule has 1 saturated heterocycles. The number of allylic oxidation sites excluding steroid dienone is 1. The first-order valence-corrected chi connectivity index (χ1v) is 10.8. The van der Waals surface area contributed by atoms with Gasteiger partial charge in [-0.25, -0.2) is 4.79 Å². The van der Waals surface area contributed by atoms with E-state index in [1.807, 2.05) is 6.92 Å². The maximum atomic E-state index is 13.6. The Morgan fingerprint density at radius 2 is 1.93 bits per heavy atom. The summed E-state index contributed by atoms with van der Waals surface area (Å²) in [4.78, 5) is 26.1. The molecule has 0 aromatic heterocycles. The first-order chi connectivity index (χ1) is 13.0. The second-order valence-electron chi connectivity index (χ2n) is 10.5. The Kier molecular flexibility index (Phi) is 4.29. The van der Waals surface area contributed by atoms with E-state index in [-0.39, 0.29) is 41.0 Å². The van der Waals surface area contributed by atoms with Gasteiger partial charge in [-0.15, -0.1) is 0 Å². The molecule has 4 unspecified atom stereocenters. The SMILES string of the molecule is C/C=C(\C)C(=O)OC1C/C(C)=C/[C@@]23C[C@H](C)C[C@]2(O3)C(=O)C(C)C2C1C2(C)C. The molecule has 0 amide bonds. The van der Waals surface area contributed by atoms with Gasteiger partial charge < -0.3 is 9.47 Å². The number of rotatable bonds is 2. The van der Waals surface area contributed by atoms with Crippen LogP contribution in [0.4, 0.5) is 0 Å². The van der Waals surface area contributed by atoms with Gasteiger partial charge in [-0.3, -0.25) is 4.79 Å². The van der Waals surface area contributed by atoms with E-state index >= 15 is 0 Å². The highest BCUT2D eigenvalue weighted by Crippen LogP contribution is 2.69. The zero-order chi connectivity index (χ0) is 20.6. The van der Waals surface area contributed by atoms with Crippen LogP contribution in [0.25, 0.3) is 0 Å². The molecule has 2 saturated carbocycles. The molecule has 4 rings (SSSR count). The monoisotopic (exact) mass is 386 g/mol. The van der Waals surface area contributed by atoms with E-state index in [9.17, 15) is 9.59 Å². The summed E-state index contributed by atoms with van der Waals surface area (Å²) in [6, 6.07) is 0. The summed E-state index contributed by atoms with van der Waals surface area (Å²) < 4.78 is 12.2. The van der Waals surface area contributed by atoms with Crippen LogP contribution in [0, 0.1) is 29.1 Å². The number of carbonyl (C=O) groups is 2. The van der Waals surface area contributed by atoms with Crippen molar-refractivity contribution in [1.29, 1.82) is 0 Å². The molecule has 0 aromatic rings. The van der Waals surface area contributed by atoms with Gasteiger partial charge in [-0.2, -0.15) is 0 Å². The predicted molar refractivity (Wildman–Crippen MR) is 108 cm³/mol. The van der Waals surface area contributed by atoms with Gasteiger partial charge in [-0.1, -0.05) is 45.4 Å². The summed E-state index contributed by atoms with van der Waals surface area (Å²) in [6.07, 6.45) is 6.22. The minimum absolute atomic E-state index is 0.0209. The summed E-state index contributed by atoms with van der Waals surface area (Å²) >= 11 is 0. The smallest absolute Gasteiger partial charge is 0.333 e. The van der Waals surface area contributed by atoms with Gasteiger partial charge in [0.05, 0.1) is 0 Å². The van der Waals surface area contributed by atoms with E-state index in [4.69, 9.17) is 9.47 Å². The Labute approximate surface area is 168 Å². The summed E-state index contributed by atoms with van der Waals surface area (Å²) in [5.74, 6) is 0.846. The zero-order valence-corrected chi connectivity index (χ0v) is 18.3. The maximum absolute atomic E-state index is 13.6. The summed E-state index contributed by atoms with van der Waals surface area (Å²) in [6.45, 7) is 14.4. The Hall–Kier alpha value is -1.42. The van der Waals surface area contributed by atoms with Crippen molar-refractivity contribution in [3.63, 3.8) is 0 Å². The molecule has 7 atom stereocenters. The number of fused-ring (bicyclic) bond motifs is 1. The fourth-order valence-corrected chi connectivity index (χ4v) is 6.63. The quantitative estimate of drug-likeness (QED) is 0.300. The van der Waals surface area contributed by atoms with Gasteiger partial charge >= 0.3 is 5.97 Å². The molecule has 0 N–H and O–H groups in total. The van der Waals surface area contributed by atoms with Gasteiger partial charge in [0.1, 0.15) is 11.7 Å². The van der Waals surface area contributed by atoms with Crippen molar-refractivity contribution >= 4 is 11.8 Å². The average molecular weight is 387 g/mol. The van der Waals surface area contributed by atoms with Crippen LogP contribution in [-0.4, -0.2) is 29.1 Å². The number of ketones is 1. The number of Topliss-reactive ketones (excluding diaryl/α,β-unsaturated/α-hetero) is 1. The molecule has 4 nitrogen and oxygen atoms in total. The molecule has 28 heavy (non-hydrogen) atoms. The Bertz CT molecular complexity index is 790. The lowest BCUT2D eigenvalue weighted by molar-refractivity contribution is -0.145. The van der Waals surface area contributed by atoms with E-state index in [2.05, 4.69) is 40.7 Å². The number of hydrogen-bond donors (Lipinski definition) is 0. The van der Waals surface area contributed by atoms with Crippen molar-refractivity contribution in [2.24, 2.45) is 29.1 Å². The van der Waals surface area contributed by atoms with E-state index in [1.165, 1.54) is 0 Å². The van der Waals surface area contributed by atoms with Crippen LogP contribution in [0.2, 0.25) is 0 Å². The maximum Gasteiger partial charge on any atom is 0.333 e. The molecule has 3 fully saturated rings. The summed E-state index contributed by atoms with van der Waals surface area (Å²) in [5, 5.41) is 0. The predicted octanol–water partition coefficient (Wildman–Crippen LogP) is 4.63.